The number of H-pyrrole nitrogens is 1. The van der Waals surface area contributed by atoms with Crippen molar-refractivity contribution >= 4 is 16.7 Å². The zero-order valence-electron chi connectivity index (χ0n) is 14.4. The molecule has 0 amide bonds. The summed E-state index contributed by atoms with van der Waals surface area (Å²) in [5.74, 6) is 2.85. The van der Waals surface area contributed by atoms with Gasteiger partial charge in [0.1, 0.15) is 5.75 Å². The van der Waals surface area contributed by atoms with E-state index in [4.69, 9.17) is 9.47 Å². The van der Waals surface area contributed by atoms with E-state index in [-0.39, 0.29) is 0 Å². The Kier molecular flexibility index (Phi) is 4.89. The Hall–Kier alpha value is -1.97. The van der Waals surface area contributed by atoms with Crippen LogP contribution in [0, 0.1) is 6.92 Å². The molecule has 1 aliphatic rings. The second kappa shape index (κ2) is 7.07. The smallest absolute Gasteiger partial charge is 0.275 e. The number of hydrogen-bond donors (Lipinski definition) is 0. The van der Waals surface area contributed by atoms with Crippen LogP contribution in [-0.2, 0) is 0 Å². The lowest BCUT2D eigenvalue weighted by Crippen LogP contribution is -2.32. The van der Waals surface area contributed by atoms with Crippen molar-refractivity contribution in [1.29, 1.82) is 0 Å². The number of aromatic nitrogens is 1. The van der Waals surface area contributed by atoms with E-state index in [9.17, 15) is 0 Å². The summed E-state index contributed by atoms with van der Waals surface area (Å²) in [6.07, 6.45) is 6.59. The number of fused-ring (bicyclic) bond motifs is 1. The summed E-state index contributed by atoms with van der Waals surface area (Å²) in [6, 6.07) is 6.26. The Morgan fingerprint density at radius 2 is 1.61 bits per heavy atom. The van der Waals surface area contributed by atoms with Gasteiger partial charge in [0.05, 0.1) is 27.3 Å². The molecule has 3 rings (SSSR count). The molecule has 1 aromatic heterocycles. The number of ether oxygens (including phenoxy) is 2. The quantitative estimate of drug-likeness (QED) is 0.865. The number of methoxy groups -OCH3 is 2. The maximum Gasteiger partial charge on any atom is 0.275 e. The highest BCUT2D eigenvalue weighted by atomic mass is 16.5. The van der Waals surface area contributed by atoms with E-state index in [1.165, 1.54) is 43.5 Å². The van der Waals surface area contributed by atoms with Crippen molar-refractivity contribution in [3.63, 3.8) is 0 Å². The fraction of sp³-hybridized carbons (Fsp3) is 0.526. The highest BCUT2D eigenvalue weighted by Gasteiger charge is 2.20. The molecule has 0 bridgehead atoms. The average molecular weight is 315 g/mol. The van der Waals surface area contributed by atoms with E-state index in [1.54, 1.807) is 14.2 Å². The molecule has 0 aliphatic carbocycles. The fourth-order valence-electron chi connectivity index (χ4n) is 3.41. The van der Waals surface area contributed by atoms with Crippen LogP contribution in [0.2, 0.25) is 0 Å². The Balaban J connectivity index is 2.05. The molecule has 2 aromatic rings. The van der Waals surface area contributed by atoms with Gasteiger partial charge in [0.25, 0.3) is 5.82 Å². The van der Waals surface area contributed by atoms with Gasteiger partial charge in [0, 0.05) is 17.5 Å². The molecule has 2 heterocycles. The summed E-state index contributed by atoms with van der Waals surface area (Å²) in [5, 5.41) is 1.15. The first-order chi connectivity index (χ1) is 11.2. The lowest BCUT2D eigenvalue weighted by molar-refractivity contribution is -0.331. The first-order valence-corrected chi connectivity index (χ1v) is 8.56. The van der Waals surface area contributed by atoms with Crippen LogP contribution in [0.3, 0.4) is 0 Å². The van der Waals surface area contributed by atoms with Crippen molar-refractivity contribution < 1.29 is 14.5 Å². The Bertz CT molecular complexity index is 677. The van der Waals surface area contributed by atoms with Gasteiger partial charge in [0.15, 0.2) is 11.3 Å². The predicted molar refractivity (Wildman–Crippen MR) is 93.6 cm³/mol. The van der Waals surface area contributed by atoms with E-state index in [0.717, 1.165) is 35.5 Å². The largest absolute Gasteiger partial charge is 0.497 e. The lowest BCUT2D eigenvalue weighted by atomic mass is 10.1. The van der Waals surface area contributed by atoms with Gasteiger partial charge in [-0.1, -0.05) is 6.42 Å². The molecular formula is C19H27N2O2+. The molecule has 0 unspecified atom stereocenters. The van der Waals surface area contributed by atoms with Crippen LogP contribution in [0.5, 0.6) is 11.5 Å². The molecule has 0 atom stereocenters. The lowest BCUT2D eigenvalue weighted by Gasteiger charge is -2.20. The van der Waals surface area contributed by atoms with Crippen molar-refractivity contribution in [2.45, 2.75) is 39.0 Å². The number of nitrogens with one attached hydrogen (secondary N) is 1. The van der Waals surface area contributed by atoms with Gasteiger partial charge in [0.2, 0.25) is 0 Å². The molecular weight excluding hydrogens is 288 g/mol. The highest BCUT2D eigenvalue weighted by molar-refractivity contribution is 5.87. The summed E-state index contributed by atoms with van der Waals surface area (Å²) in [4.78, 5) is 6.08. The zero-order valence-corrected chi connectivity index (χ0v) is 14.4. The minimum Gasteiger partial charge on any atom is -0.497 e. The molecule has 1 N–H and O–H groups in total. The number of rotatable bonds is 3. The van der Waals surface area contributed by atoms with Crippen LogP contribution in [0.25, 0.3) is 10.9 Å². The summed E-state index contributed by atoms with van der Waals surface area (Å²) in [5.41, 5.74) is 2.29. The van der Waals surface area contributed by atoms with Crippen LogP contribution in [0.4, 0.5) is 5.82 Å². The van der Waals surface area contributed by atoms with Crippen LogP contribution >= 0.6 is 0 Å². The van der Waals surface area contributed by atoms with Gasteiger partial charge in [-0.2, -0.15) is 0 Å². The number of benzene rings is 1. The standard InChI is InChI=1S/C19H26N2O2/c1-14-11-18(21-9-7-5-4-6-8-10-21)20-19-16(14)12-15(22-2)13-17(19)23-3/h11-13H,4-10H2,1-3H3/p+1. The zero-order chi connectivity index (χ0) is 16.2. The maximum atomic E-state index is 5.58. The Labute approximate surface area is 138 Å². The topological polar surface area (TPSA) is 35.8 Å². The van der Waals surface area contributed by atoms with Gasteiger partial charge in [-0.15, -0.1) is 0 Å². The Morgan fingerprint density at radius 3 is 2.26 bits per heavy atom. The van der Waals surface area contributed by atoms with E-state index in [1.807, 2.05) is 6.07 Å². The van der Waals surface area contributed by atoms with E-state index in [2.05, 4.69) is 28.9 Å². The normalized spacial score (nSPS) is 16.0. The van der Waals surface area contributed by atoms with Crippen LogP contribution < -0.4 is 19.4 Å². The van der Waals surface area contributed by atoms with Crippen molar-refractivity contribution in [3.05, 3.63) is 23.8 Å². The fourth-order valence-corrected chi connectivity index (χ4v) is 3.41. The van der Waals surface area contributed by atoms with Crippen LogP contribution in [-0.4, -0.2) is 27.3 Å². The minimum atomic E-state index is 0.824. The molecule has 1 aromatic carbocycles. The van der Waals surface area contributed by atoms with E-state index < -0.39 is 0 Å². The summed E-state index contributed by atoms with van der Waals surface area (Å²) < 4.78 is 11.0. The second-order valence-electron chi connectivity index (χ2n) is 6.34. The van der Waals surface area contributed by atoms with E-state index in [0.29, 0.717) is 0 Å². The van der Waals surface area contributed by atoms with Crippen molar-refractivity contribution in [3.8, 4) is 11.5 Å². The molecule has 124 valence electrons. The van der Waals surface area contributed by atoms with E-state index >= 15 is 0 Å². The molecule has 1 aliphatic heterocycles. The number of pyridine rings is 1. The monoisotopic (exact) mass is 315 g/mol. The summed E-state index contributed by atoms with van der Waals surface area (Å²) >= 11 is 0. The van der Waals surface area contributed by atoms with Gasteiger partial charge in [-0.25, -0.2) is 4.98 Å². The molecule has 1 saturated heterocycles. The number of hydrogen-bond acceptors (Lipinski definition) is 3. The molecule has 1 fully saturated rings. The summed E-state index contributed by atoms with van der Waals surface area (Å²) in [6.45, 7) is 4.41. The average Bonchev–Trinajstić information content (AvgIpc) is 2.53. The number of anilines is 1. The second-order valence-corrected chi connectivity index (χ2v) is 6.34. The van der Waals surface area contributed by atoms with Crippen LogP contribution in [0.1, 0.15) is 37.7 Å². The minimum absolute atomic E-state index is 0.824. The first kappa shape index (κ1) is 15.9. The Morgan fingerprint density at radius 1 is 0.913 bits per heavy atom. The summed E-state index contributed by atoms with van der Waals surface area (Å²) in [7, 11) is 3.40. The first-order valence-electron chi connectivity index (χ1n) is 8.56. The molecule has 0 saturated carbocycles. The molecule has 0 spiro atoms. The van der Waals surface area contributed by atoms with Crippen LogP contribution in [0.15, 0.2) is 18.2 Å². The van der Waals surface area contributed by atoms with Crippen molar-refractivity contribution in [2.24, 2.45) is 0 Å². The molecule has 4 nitrogen and oxygen atoms in total. The predicted octanol–water partition coefficient (Wildman–Crippen LogP) is 3.75. The van der Waals surface area contributed by atoms with Gasteiger partial charge in [-0.05, 0) is 44.2 Å². The molecule has 0 radical (unpaired) electrons. The third-order valence-electron chi connectivity index (χ3n) is 4.76. The van der Waals surface area contributed by atoms with Gasteiger partial charge >= 0.3 is 0 Å². The van der Waals surface area contributed by atoms with Gasteiger partial charge in [-0.3, -0.25) is 4.90 Å². The highest BCUT2D eigenvalue weighted by Crippen LogP contribution is 2.31. The number of aromatic amines is 1. The number of nitrogens with zero attached hydrogens (tertiary/aromatic N) is 1. The third kappa shape index (κ3) is 3.36. The third-order valence-corrected chi connectivity index (χ3v) is 4.76. The molecule has 4 heteroatoms. The SMILES string of the molecule is COc1cc(OC)c2[nH+]c(N3CCCCCCC3)cc(C)c2c1. The van der Waals surface area contributed by atoms with Gasteiger partial charge < -0.3 is 9.47 Å². The van der Waals surface area contributed by atoms with Crippen molar-refractivity contribution in [2.75, 3.05) is 32.2 Å². The number of aryl methyl sites for hydroxylation is 1. The van der Waals surface area contributed by atoms with Crippen molar-refractivity contribution in [1.82, 2.24) is 0 Å². The maximum absolute atomic E-state index is 5.58. The molecule has 23 heavy (non-hydrogen) atoms.